The third-order valence-corrected chi connectivity index (χ3v) is 1.96. The molecule has 0 radical (unpaired) electrons. The molecular formula is C9H16ClN5O. The van der Waals surface area contributed by atoms with Gasteiger partial charge < -0.3 is 15.7 Å². The van der Waals surface area contributed by atoms with Crippen molar-refractivity contribution in [2.75, 3.05) is 23.8 Å². The van der Waals surface area contributed by atoms with Crippen LogP contribution in [0.15, 0.2) is 0 Å². The first-order chi connectivity index (χ1) is 7.46. The summed E-state index contributed by atoms with van der Waals surface area (Å²) < 4.78 is 0. The summed E-state index contributed by atoms with van der Waals surface area (Å²) >= 11 is 5.75. The lowest BCUT2D eigenvalue weighted by Gasteiger charge is -2.23. The summed E-state index contributed by atoms with van der Waals surface area (Å²) in [5.41, 5.74) is -0.506. The Bertz CT molecular complexity index is 358. The van der Waals surface area contributed by atoms with Crippen LogP contribution < -0.4 is 10.6 Å². The SMILES string of the molecule is CCNc1nc(Cl)nc(NC(C)(C)CO)n1. The van der Waals surface area contributed by atoms with Gasteiger partial charge in [0.05, 0.1) is 12.1 Å². The first-order valence-electron chi connectivity index (χ1n) is 5.01. The molecule has 0 aromatic carbocycles. The Balaban J connectivity index is 2.87. The van der Waals surface area contributed by atoms with Crippen molar-refractivity contribution in [3.8, 4) is 0 Å². The van der Waals surface area contributed by atoms with Crippen LogP contribution in [-0.4, -0.2) is 38.7 Å². The smallest absolute Gasteiger partial charge is 0.229 e. The van der Waals surface area contributed by atoms with Crippen LogP contribution in [0.25, 0.3) is 0 Å². The monoisotopic (exact) mass is 245 g/mol. The maximum Gasteiger partial charge on any atom is 0.229 e. The van der Waals surface area contributed by atoms with Crippen molar-refractivity contribution < 1.29 is 5.11 Å². The molecule has 7 heteroatoms. The minimum Gasteiger partial charge on any atom is -0.394 e. The molecule has 0 unspecified atom stereocenters. The number of halogens is 1. The molecule has 0 spiro atoms. The number of aromatic nitrogens is 3. The summed E-state index contributed by atoms with van der Waals surface area (Å²) in [6.07, 6.45) is 0. The van der Waals surface area contributed by atoms with Crippen LogP contribution in [0.5, 0.6) is 0 Å². The quantitative estimate of drug-likeness (QED) is 0.722. The van der Waals surface area contributed by atoms with Gasteiger partial charge in [-0.3, -0.25) is 0 Å². The Kier molecular flexibility index (Phi) is 4.26. The highest BCUT2D eigenvalue weighted by atomic mass is 35.5. The van der Waals surface area contributed by atoms with E-state index >= 15 is 0 Å². The molecule has 1 aromatic heterocycles. The summed E-state index contributed by atoms with van der Waals surface area (Å²) in [5, 5.41) is 15.1. The van der Waals surface area contributed by atoms with Crippen molar-refractivity contribution in [2.45, 2.75) is 26.3 Å². The molecular weight excluding hydrogens is 230 g/mol. The minimum atomic E-state index is -0.506. The summed E-state index contributed by atoms with van der Waals surface area (Å²) in [6, 6.07) is 0. The molecule has 0 saturated heterocycles. The van der Waals surface area contributed by atoms with Crippen molar-refractivity contribution in [1.29, 1.82) is 0 Å². The molecule has 1 heterocycles. The predicted molar refractivity (Wildman–Crippen MR) is 63.8 cm³/mol. The zero-order valence-electron chi connectivity index (χ0n) is 9.58. The average molecular weight is 246 g/mol. The summed E-state index contributed by atoms with van der Waals surface area (Å²) in [4.78, 5) is 12.0. The normalized spacial score (nSPS) is 11.3. The van der Waals surface area contributed by atoms with Gasteiger partial charge in [0.2, 0.25) is 17.2 Å². The van der Waals surface area contributed by atoms with Crippen molar-refractivity contribution in [3.63, 3.8) is 0 Å². The van der Waals surface area contributed by atoms with E-state index in [9.17, 15) is 0 Å². The highest BCUT2D eigenvalue weighted by Gasteiger charge is 2.18. The first-order valence-corrected chi connectivity index (χ1v) is 5.39. The molecule has 16 heavy (non-hydrogen) atoms. The van der Waals surface area contributed by atoms with Crippen LogP contribution in [0.2, 0.25) is 5.28 Å². The van der Waals surface area contributed by atoms with Gasteiger partial charge in [-0.1, -0.05) is 0 Å². The van der Waals surface area contributed by atoms with E-state index in [1.54, 1.807) is 0 Å². The van der Waals surface area contributed by atoms with Crippen molar-refractivity contribution in [3.05, 3.63) is 5.28 Å². The molecule has 0 aliphatic rings. The van der Waals surface area contributed by atoms with E-state index in [0.717, 1.165) is 0 Å². The number of nitrogens with one attached hydrogen (secondary N) is 2. The second-order valence-corrected chi connectivity index (χ2v) is 4.29. The molecule has 0 atom stereocenters. The van der Waals surface area contributed by atoms with Crippen LogP contribution in [-0.2, 0) is 0 Å². The Morgan fingerprint density at radius 2 is 1.88 bits per heavy atom. The Hall–Kier alpha value is -1.14. The van der Waals surface area contributed by atoms with Crippen LogP contribution in [0, 0.1) is 0 Å². The zero-order valence-corrected chi connectivity index (χ0v) is 10.3. The molecule has 6 nitrogen and oxygen atoms in total. The average Bonchev–Trinajstić information content (AvgIpc) is 2.16. The molecule has 0 fully saturated rings. The lowest BCUT2D eigenvalue weighted by molar-refractivity contribution is 0.233. The molecule has 0 saturated carbocycles. The van der Waals surface area contributed by atoms with Gasteiger partial charge >= 0.3 is 0 Å². The fourth-order valence-corrected chi connectivity index (χ4v) is 1.15. The van der Waals surface area contributed by atoms with E-state index in [1.807, 2.05) is 20.8 Å². The van der Waals surface area contributed by atoms with E-state index in [2.05, 4.69) is 25.6 Å². The van der Waals surface area contributed by atoms with Crippen LogP contribution in [0.4, 0.5) is 11.9 Å². The third kappa shape index (κ3) is 3.79. The van der Waals surface area contributed by atoms with Gasteiger partial charge in [-0.25, -0.2) is 0 Å². The predicted octanol–water partition coefficient (Wildman–Crippen LogP) is 1.14. The number of aliphatic hydroxyl groups excluding tert-OH is 1. The summed E-state index contributed by atoms with van der Waals surface area (Å²) in [5.74, 6) is 0.758. The van der Waals surface area contributed by atoms with Crippen molar-refractivity contribution in [1.82, 2.24) is 15.0 Å². The fourth-order valence-electron chi connectivity index (χ4n) is 0.985. The second kappa shape index (κ2) is 5.27. The molecule has 0 amide bonds. The van der Waals surface area contributed by atoms with Gasteiger partial charge in [0, 0.05) is 6.54 Å². The van der Waals surface area contributed by atoms with Gasteiger partial charge in [0.1, 0.15) is 0 Å². The van der Waals surface area contributed by atoms with Gasteiger partial charge in [-0.05, 0) is 32.4 Å². The number of hydrogen-bond acceptors (Lipinski definition) is 6. The second-order valence-electron chi connectivity index (χ2n) is 3.95. The zero-order chi connectivity index (χ0) is 12.2. The highest BCUT2D eigenvalue weighted by molar-refractivity contribution is 6.28. The van der Waals surface area contributed by atoms with Crippen molar-refractivity contribution in [2.24, 2.45) is 0 Å². The maximum atomic E-state index is 9.12. The third-order valence-electron chi connectivity index (χ3n) is 1.79. The molecule has 0 bridgehead atoms. The van der Waals surface area contributed by atoms with Gasteiger partial charge in [0.25, 0.3) is 0 Å². The number of anilines is 2. The summed E-state index contributed by atoms with van der Waals surface area (Å²) in [7, 11) is 0. The molecule has 1 aromatic rings. The number of rotatable bonds is 5. The Morgan fingerprint density at radius 1 is 1.25 bits per heavy atom. The van der Waals surface area contributed by atoms with Gasteiger partial charge in [-0.15, -0.1) is 0 Å². The molecule has 0 aliphatic heterocycles. The number of aliphatic hydroxyl groups is 1. The van der Waals surface area contributed by atoms with Gasteiger partial charge in [-0.2, -0.15) is 15.0 Å². The Morgan fingerprint density at radius 3 is 2.44 bits per heavy atom. The first kappa shape index (κ1) is 12.9. The van der Waals surface area contributed by atoms with Crippen molar-refractivity contribution >= 4 is 23.5 Å². The summed E-state index contributed by atoms with van der Waals surface area (Å²) in [6.45, 7) is 6.26. The number of hydrogen-bond donors (Lipinski definition) is 3. The van der Waals surface area contributed by atoms with Crippen LogP contribution >= 0.6 is 11.6 Å². The van der Waals surface area contributed by atoms with E-state index < -0.39 is 5.54 Å². The minimum absolute atomic E-state index is 0.0349. The largest absolute Gasteiger partial charge is 0.394 e. The lowest BCUT2D eigenvalue weighted by Crippen LogP contribution is -2.35. The highest BCUT2D eigenvalue weighted by Crippen LogP contribution is 2.14. The van der Waals surface area contributed by atoms with Crippen LogP contribution in [0.3, 0.4) is 0 Å². The lowest BCUT2D eigenvalue weighted by atomic mass is 10.1. The topological polar surface area (TPSA) is 83.0 Å². The van der Waals surface area contributed by atoms with E-state index in [1.165, 1.54) is 0 Å². The fraction of sp³-hybridized carbons (Fsp3) is 0.667. The van der Waals surface area contributed by atoms with Gasteiger partial charge in [0.15, 0.2) is 0 Å². The van der Waals surface area contributed by atoms with E-state index in [-0.39, 0.29) is 11.9 Å². The molecule has 1 rings (SSSR count). The standard InChI is InChI=1S/C9H16ClN5O/c1-4-11-7-12-6(10)13-8(14-7)15-9(2,3)5-16/h16H,4-5H2,1-3H3,(H2,11,12,13,14,15). The molecule has 3 N–H and O–H groups in total. The van der Waals surface area contributed by atoms with E-state index in [4.69, 9.17) is 16.7 Å². The molecule has 0 aliphatic carbocycles. The maximum absolute atomic E-state index is 9.12. The van der Waals surface area contributed by atoms with E-state index in [0.29, 0.717) is 18.4 Å². The Labute approximate surface area is 99.5 Å². The van der Waals surface area contributed by atoms with Crippen LogP contribution in [0.1, 0.15) is 20.8 Å². The molecule has 90 valence electrons. The number of nitrogens with zero attached hydrogens (tertiary/aromatic N) is 3.